The fraction of sp³-hybridized carbons (Fsp3) is 0.200. The monoisotopic (exact) mass is 476 g/mol. The van der Waals surface area contributed by atoms with E-state index < -0.39 is 23.3 Å². The van der Waals surface area contributed by atoms with Crippen molar-refractivity contribution in [3.05, 3.63) is 66.8 Å². The summed E-state index contributed by atoms with van der Waals surface area (Å²) in [6, 6.07) is 12.4. The third-order valence-electron chi connectivity index (χ3n) is 5.61. The molecule has 2 heterocycles. The van der Waals surface area contributed by atoms with Crippen molar-refractivity contribution < 1.29 is 28.3 Å². The highest BCUT2D eigenvalue weighted by Crippen LogP contribution is 2.32. The molecule has 4 aromatic rings. The maximum atomic E-state index is 12.8. The van der Waals surface area contributed by atoms with Crippen LogP contribution in [0.15, 0.2) is 65.7 Å². The van der Waals surface area contributed by atoms with Gasteiger partial charge in [-0.1, -0.05) is 18.2 Å². The average molecular weight is 476 g/mol. The van der Waals surface area contributed by atoms with E-state index in [0.717, 1.165) is 16.5 Å². The molecule has 35 heavy (non-hydrogen) atoms. The summed E-state index contributed by atoms with van der Waals surface area (Å²) in [6.45, 7) is 1.51. The predicted molar refractivity (Wildman–Crippen MR) is 128 cm³/mol. The molecule has 10 nitrogen and oxygen atoms in total. The molecule has 3 N–H and O–H groups in total. The Bertz CT molecular complexity index is 1380. The van der Waals surface area contributed by atoms with Gasteiger partial charge in [-0.2, -0.15) is 0 Å². The van der Waals surface area contributed by atoms with E-state index in [1.165, 1.54) is 33.7 Å². The van der Waals surface area contributed by atoms with Crippen molar-refractivity contribution in [2.45, 2.75) is 18.9 Å². The second kappa shape index (κ2) is 9.72. The third-order valence-corrected chi connectivity index (χ3v) is 5.61. The Kier molecular flexibility index (Phi) is 6.54. The largest absolute Gasteiger partial charge is 0.496 e. The van der Waals surface area contributed by atoms with Gasteiger partial charge in [-0.3, -0.25) is 9.59 Å². The predicted octanol–water partition coefficient (Wildman–Crippen LogP) is 3.06. The van der Waals surface area contributed by atoms with E-state index in [4.69, 9.17) is 13.9 Å². The molecule has 2 amide bonds. The van der Waals surface area contributed by atoms with Gasteiger partial charge in [-0.25, -0.2) is 9.78 Å². The number of carbonyl (C=O) groups excluding carboxylic acids is 3. The SMILES string of the molecule is COC(=O)C(C)(Cc1c[nH]c2ccccc12)NC(=O)C(=O)Nc1ccc(-c2cnco2)c(OC)c1. The first-order chi connectivity index (χ1) is 16.8. The van der Waals surface area contributed by atoms with E-state index in [-0.39, 0.29) is 6.42 Å². The molecular formula is C25H24N4O6. The molecule has 0 saturated carbocycles. The minimum atomic E-state index is -1.48. The van der Waals surface area contributed by atoms with Crippen LogP contribution in [0.2, 0.25) is 0 Å². The van der Waals surface area contributed by atoms with Gasteiger partial charge in [0.25, 0.3) is 0 Å². The summed E-state index contributed by atoms with van der Waals surface area (Å²) in [4.78, 5) is 45.1. The van der Waals surface area contributed by atoms with Gasteiger partial charge < -0.3 is 29.5 Å². The number of anilines is 1. The Morgan fingerprint density at radius 3 is 2.63 bits per heavy atom. The number of rotatable bonds is 7. The number of aromatic nitrogens is 2. The van der Waals surface area contributed by atoms with Gasteiger partial charge in [-0.15, -0.1) is 0 Å². The van der Waals surface area contributed by atoms with Gasteiger partial charge in [0.05, 0.1) is 26.0 Å². The van der Waals surface area contributed by atoms with Crippen molar-refractivity contribution in [1.82, 2.24) is 15.3 Å². The second-order valence-corrected chi connectivity index (χ2v) is 8.05. The van der Waals surface area contributed by atoms with Gasteiger partial charge >= 0.3 is 17.8 Å². The molecular weight excluding hydrogens is 452 g/mol. The smallest absolute Gasteiger partial charge is 0.331 e. The minimum absolute atomic E-state index is 0.114. The molecule has 0 spiro atoms. The molecule has 0 fully saturated rings. The zero-order valence-electron chi connectivity index (χ0n) is 19.4. The molecule has 0 saturated heterocycles. The number of nitrogens with zero attached hydrogens (tertiary/aromatic N) is 1. The summed E-state index contributed by atoms with van der Waals surface area (Å²) < 4.78 is 15.6. The van der Waals surface area contributed by atoms with E-state index >= 15 is 0 Å². The molecule has 1 atom stereocenters. The van der Waals surface area contributed by atoms with Crippen LogP contribution in [-0.2, 0) is 25.5 Å². The Hall–Kier alpha value is -4.60. The minimum Gasteiger partial charge on any atom is -0.496 e. The number of ether oxygens (including phenoxy) is 2. The number of aromatic amines is 1. The fourth-order valence-corrected chi connectivity index (χ4v) is 3.87. The standard InChI is InChI=1S/C25H24N4O6/c1-25(24(32)34-3,11-15-12-27-19-7-5-4-6-17(15)19)29-23(31)22(30)28-16-8-9-18(20(10-16)33-2)21-13-26-14-35-21/h4-10,12-14,27H,11H2,1-3H3,(H,28,30)(H,29,31). The normalized spacial score (nSPS) is 12.5. The number of amides is 2. The number of nitrogens with one attached hydrogen (secondary N) is 3. The van der Waals surface area contributed by atoms with E-state index in [9.17, 15) is 14.4 Å². The molecule has 2 aromatic carbocycles. The van der Waals surface area contributed by atoms with Crippen LogP contribution >= 0.6 is 0 Å². The van der Waals surface area contributed by atoms with Crippen LogP contribution in [0.1, 0.15) is 12.5 Å². The van der Waals surface area contributed by atoms with Crippen LogP contribution in [0, 0.1) is 0 Å². The number of oxazole rings is 1. The van der Waals surface area contributed by atoms with Gasteiger partial charge in [0.15, 0.2) is 12.2 Å². The molecule has 10 heteroatoms. The topological polar surface area (TPSA) is 136 Å². The number of fused-ring (bicyclic) bond motifs is 1. The summed E-state index contributed by atoms with van der Waals surface area (Å²) in [6.07, 6.45) is 4.71. The van der Waals surface area contributed by atoms with Crippen LogP contribution in [0.3, 0.4) is 0 Å². The number of carbonyl (C=O) groups is 3. The van der Waals surface area contributed by atoms with Crippen molar-refractivity contribution in [2.24, 2.45) is 0 Å². The molecule has 1 unspecified atom stereocenters. The highest BCUT2D eigenvalue weighted by Gasteiger charge is 2.38. The number of H-pyrrole nitrogens is 1. The Morgan fingerprint density at radius 2 is 1.91 bits per heavy atom. The first-order valence-electron chi connectivity index (χ1n) is 10.7. The van der Waals surface area contributed by atoms with E-state index in [1.807, 2.05) is 24.3 Å². The number of methoxy groups -OCH3 is 2. The molecule has 0 bridgehead atoms. The third kappa shape index (κ3) is 4.86. The molecule has 0 aliphatic carbocycles. The van der Waals surface area contributed by atoms with Crippen molar-refractivity contribution in [1.29, 1.82) is 0 Å². The number of para-hydroxylation sites is 1. The quantitative estimate of drug-likeness (QED) is 0.276. The zero-order chi connectivity index (χ0) is 25.0. The van der Waals surface area contributed by atoms with Gasteiger partial charge in [0.2, 0.25) is 0 Å². The van der Waals surface area contributed by atoms with Crippen molar-refractivity contribution in [3.8, 4) is 17.1 Å². The van der Waals surface area contributed by atoms with Gasteiger partial charge in [0, 0.05) is 35.3 Å². The van der Waals surface area contributed by atoms with E-state index in [1.54, 1.807) is 24.4 Å². The lowest BCUT2D eigenvalue weighted by atomic mass is 9.92. The second-order valence-electron chi connectivity index (χ2n) is 8.05. The number of hydrogen-bond donors (Lipinski definition) is 3. The fourth-order valence-electron chi connectivity index (χ4n) is 3.87. The summed E-state index contributed by atoms with van der Waals surface area (Å²) >= 11 is 0. The summed E-state index contributed by atoms with van der Waals surface area (Å²) in [5, 5.41) is 5.96. The first-order valence-corrected chi connectivity index (χ1v) is 10.7. The average Bonchev–Trinajstić information content (AvgIpc) is 3.54. The van der Waals surface area contributed by atoms with E-state index in [2.05, 4.69) is 20.6 Å². The van der Waals surface area contributed by atoms with Crippen LogP contribution in [0.25, 0.3) is 22.2 Å². The van der Waals surface area contributed by atoms with E-state index in [0.29, 0.717) is 22.8 Å². The van der Waals surface area contributed by atoms with Crippen LogP contribution in [-0.4, -0.2) is 47.5 Å². The number of hydrogen-bond acceptors (Lipinski definition) is 7. The van der Waals surface area contributed by atoms with Crippen LogP contribution < -0.4 is 15.4 Å². The Labute approximate surface area is 200 Å². The lowest BCUT2D eigenvalue weighted by molar-refractivity contribution is -0.151. The first kappa shape index (κ1) is 23.6. The zero-order valence-corrected chi connectivity index (χ0v) is 19.4. The molecule has 180 valence electrons. The highest BCUT2D eigenvalue weighted by atomic mass is 16.5. The maximum Gasteiger partial charge on any atom is 0.331 e. The number of benzene rings is 2. The summed E-state index contributed by atoms with van der Waals surface area (Å²) in [7, 11) is 2.70. The number of esters is 1. The van der Waals surface area contributed by atoms with Crippen molar-refractivity contribution in [3.63, 3.8) is 0 Å². The summed E-state index contributed by atoms with van der Waals surface area (Å²) in [5.74, 6) is -1.71. The van der Waals surface area contributed by atoms with Crippen molar-refractivity contribution in [2.75, 3.05) is 19.5 Å². The lowest BCUT2D eigenvalue weighted by Gasteiger charge is -2.27. The molecule has 0 aliphatic rings. The lowest BCUT2D eigenvalue weighted by Crippen LogP contribution is -2.56. The molecule has 0 radical (unpaired) electrons. The van der Waals surface area contributed by atoms with Crippen molar-refractivity contribution >= 4 is 34.4 Å². The summed E-state index contributed by atoms with van der Waals surface area (Å²) in [5.41, 5.74) is 1.15. The van der Waals surface area contributed by atoms with Gasteiger partial charge in [-0.05, 0) is 30.7 Å². The Balaban J connectivity index is 1.51. The van der Waals surface area contributed by atoms with Crippen LogP contribution in [0.5, 0.6) is 5.75 Å². The highest BCUT2D eigenvalue weighted by molar-refractivity contribution is 6.40. The molecule has 4 rings (SSSR count). The van der Waals surface area contributed by atoms with Crippen LogP contribution in [0.4, 0.5) is 5.69 Å². The maximum absolute atomic E-state index is 12.8. The molecule has 0 aliphatic heterocycles. The Morgan fingerprint density at radius 1 is 1.11 bits per heavy atom. The molecule has 2 aromatic heterocycles. The van der Waals surface area contributed by atoms with Gasteiger partial charge in [0.1, 0.15) is 11.3 Å².